The van der Waals surface area contributed by atoms with Gasteiger partial charge in [-0.2, -0.15) is 0 Å². The summed E-state index contributed by atoms with van der Waals surface area (Å²) in [7, 11) is -3.05. The Balaban J connectivity index is 1.40. The van der Waals surface area contributed by atoms with E-state index < -0.39 is 9.84 Å². The highest BCUT2D eigenvalue weighted by Crippen LogP contribution is 2.37. The number of amides is 1. The first-order chi connectivity index (χ1) is 15.3. The van der Waals surface area contributed by atoms with Gasteiger partial charge in [0.25, 0.3) is 5.56 Å². The van der Waals surface area contributed by atoms with E-state index in [1.807, 2.05) is 11.8 Å². The van der Waals surface area contributed by atoms with Gasteiger partial charge in [0, 0.05) is 23.5 Å². The van der Waals surface area contributed by atoms with Gasteiger partial charge in [0.05, 0.1) is 22.6 Å². The van der Waals surface area contributed by atoms with Gasteiger partial charge in [-0.15, -0.1) is 11.3 Å². The Morgan fingerprint density at radius 1 is 1.25 bits per heavy atom. The van der Waals surface area contributed by atoms with Crippen molar-refractivity contribution in [3.63, 3.8) is 0 Å². The van der Waals surface area contributed by atoms with Crippen molar-refractivity contribution in [2.45, 2.75) is 76.2 Å². The van der Waals surface area contributed by atoms with E-state index in [0.717, 1.165) is 42.3 Å². The molecule has 5 rings (SSSR count). The minimum absolute atomic E-state index is 0.000405. The molecular formula is C22H29N3O4S3. The van der Waals surface area contributed by atoms with E-state index in [2.05, 4.69) is 6.92 Å². The summed E-state index contributed by atoms with van der Waals surface area (Å²) in [6.45, 7) is 4.69. The van der Waals surface area contributed by atoms with Crippen molar-refractivity contribution >= 4 is 49.1 Å². The summed E-state index contributed by atoms with van der Waals surface area (Å²) in [5.41, 5.74) is 1.18. The van der Waals surface area contributed by atoms with E-state index in [4.69, 9.17) is 4.98 Å². The first-order valence-electron chi connectivity index (χ1n) is 11.5. The van der Waals surface area contributed by atoms with Crippen molar-refractivity contribution in [1.29, 1.82) is 0 Å². The highest BCUT2D eigenvalue weighted by atomic mass is 32.2. The molecule has 2 unspecified atom stereocenters. The largest absolute Gasteiger partial charge is 0.335 e. The minimum Gasteiger partial charge on any atom is -0.335 e. The molecule has 0 aromatic carbocycles. The number of thioether (sulfide) groups is 1. The van der Waals surface area contributed by atoms with Crippen LogP contribution in [0.1, 0.15) is 50.0 Å². The molecule has 32 heavy (non-hydrogen) atoms. The Labute approximate surface area is 196 Å². The molecule has 2 atom stereocenters. The van der Waals surface area contributed by atoms with Crippen LogP contribution in [-0.2, 0) is 34.0 Å². The molecular weight excluding hydrogens is 466 g/mol. The average Bonchev–Trinajstić information content (AvgIpc) is 3.40. The van der Waals surface area contributed by atoms with Crippen molar-refractivity contribution in [3.8, 4) is 0 Å². The molecule has 0 N–H and O–H groups in total. The van der Waals surface area contributed by atoms with Crippen LogP contribution < -0.4 is 5.56 Å². The lowest BCUT2D eigenvalue weighted by Gasteiger charge is -2.28. The summed E-state index contributed by atoms with van der Waals surface area (Å²) in [6, 6.07) is -0.0494. The van der Waals surface area contributed by atoms with Crippen LogP contribution in [0, 0.1) is 5.92 Å². The number of hydrogen-bond acceptors (Lipinski definition) is 7. The number of sulfone groups is 1. The van der Waals surface area contributed by atoms with Gasteiger partial charge in [-0.3, -0.25) is 14.2 Å². The zero-order valence-corrected chi connectivity index (χ0v) is 21.0. The number of carbonyl (C=O) groups is 1. The van der Waals surface area contributed by atoms with Crippen LogP contribution in [-0.4, -0.2) is 58.1 Å². The van der Waals surface area contributed by atoms with E-state index in [1.165, 1.54) is 22.2 Å². The zero-order valence-electron chi connectivity index (χ0n) is 18.5. The summed E-state index contributed by atoms with van der Waals surface area (Å²) >= 11 is 2.93. The number of thiophene rings is 1. The van der Waals surface area contributed by atoms with Gasteiger partial charge in [0.15, 0.2) is 15.0 Å². The van der Waals surface area contributed by atoms with Gasteiger partial charge in [-0.1, -0.05) is 18.7 Å². The van der Waals surface area contributed by atoms with Crippen molar-refractivity contribution < 1.29 is 13.2 Å². The van der Waals surface area contributed by atoms with E-state index in [-0.39, 0.29) is 40.8 Å². The molecule has 1 saturated heterocycles. The molecule has 1 amide bonds. The number of carbonyl (C=O) groups excluding carboxylic acids is 1. The lowest BCUT2D eigenvalue weighted by molar-refractivity contribution is -0.130. The second-order valence-electron chi connectivity index (χ2n) is 9.35. The molecule has 2 aliphatic carbocycles. The number of hydrogen-bond donors (Lipinski definition) is 0. The van der Waals surface area contributed by atoms with E-state index in [1.54, 1.807) is 15.9 Å². The molecule has 10 heteroatoms. The molecule has 0 spiro atoms. The molecule has 2 aromatic rings. The quantitative estimate of drug-likeness (QED) is 0.452. The van der Waals surface area contributed by atoms with Crippen molar-refractivity contribution in [3.05, 3.63) is 20.8 Å². The summed E-state index contributed by atoms with van der Waals surface area (Å²) in [5, 5.41) is 1.35. The molecule has 2 aromatic heterocycles. The maximum absolute atomic E-state index is 13.3. The Bertz CT molecular complexity index is 1230. The molecule has 7 nitrogen and oxygen atoms in total. The van der Waals surface area contributed by atoms with Gasteiger partial charge in [-0.05, 0) is 56.9 Å². The van der Waals surface area contributed by atoms with Crippen LogP contribution in [0.5, 0.6) is 0 Å². The van der Waals surface area contributed by atoms with Crippen LogP contribution in [0.15, 0.2) is 9.95 Å². The van der Waals surface area contributed by atoms with E-state index in [0.29, 0.717) is 24.0 Å². The third-order valence-corrected chi connectivity index (χ3v) is 10.7. The molecule has 1 saturated carbocycles. The highest BCUT2D eigenvalue weighted by Gasteiger charge is 2.42. The van der Waals surface area contributed by atoms with Crippen LogP contribution in [0.3, 0.4) is 0 Å². The molecule has 174 valence electrons. The number of fused-ring (bicyclic) bond motifs is 3. The fourth-order valence-corrected chi connectivity index (χ4v) is 9.12. The van der Waals surface area contributed by atoms with E-state index in [9.17, 15) is 18.0 Å². The van der Waals surface area contributed by atoms with Gasteiger partial charge in [-0.25, -0.2) is 13.4 Å². The summed E-state index contributed by atoms with van der Waals surface area (Å²) in [6.07, 6.45) is 5.44. The van der Waals surface area contributed by atoms with Gasteiger partial charge in [0.2, 0.25) is 5.91 Å². The first kappa shape index (κ1) is 22.4. The topological polar surface area (TPSA) is 89.3 Å². The fraction of sp³-hybridized carbons (Fsp3) is 0.682. The standard InChI is InChI=1S/C22H29N3O4S3/c1-3-24-21(27)19-16-7-4-13(2)10-17(16)31-20(19)23-22(24)30-11-18(26)25(14-5-6-14)15-8-9-32(28,29)12-15/h13-15H,3-12H2,1-2H3. The molecule has 3 heterocycles. The summed E-state index contributed by atoms with van der Waals surface area (Å²) < 4.78 is 25.6. The maximum Gasteiger partial charge on any atom is 0.263 e. The molecule has 0 radical (unpaired) electrons. The molecule has 3 aliphatic rings. The van der Waals surface area contributed by atoms with Gasteiger partial charge < -0.3 is 4.90 Å². The smallest absolute Gasteiger partial charge is 0.263 e. The third-order valence-electron chi connectivity index (χ3n) is 6.85. The fourth-order valence-electron chi connectivity index (χ4n) is 5.05. The van der Waals surface area contributed by atoms with Crippen LogP contribution in [0.25, 0.3) is 10.2 Å². The van der Waals surface area contributed by atoms with Gasteiger partial charge >= 0.3 is 0 Å². The van der Waals surface area contributed by atoms with Crippen molar-refractivity contribution in [1.82, 2.24) is 14.5 Å². The van der Waals surface area contributed by atoms with E-state index >= 15 is 0 Å². The monoisotopic (exact) mass is 495 g/mol. The Morgan fingerprint density at radius 2 is 2.03 bits per heavy atom. The maximum atomic E-state index is 13.3. The highest BCUT2D eigenvalue weighted by molar-refractivity contribution is 7.99. The third kappa shape index (κ3) is 4.14. The zero-order chi connectivity index (χ0) is 22.6. The predicted molar refractivity (Wildman–Crippen MR) is 128 cm³/mol. The lowest BCUT2D eigenvalue weighted by atomic mass is 9.89. The van der Waals surface area contributed by atoms with Gasteiger partial charge in [0.1, 0.15) is 4.83 Å². The van der Waals surface area contributed by atoms with Crippen LogP contribution in [0.2, 0.25) is 0 Å². The SMILES string of the molecule is CCn1c(SCC(=O)N(C2CC2)C2CCS(=O)(=O)C2)nc2sc3c(c2c1=O)CCC(C)C3. The Morgan fingerprint density at radius 3 is 2.69 bits per heavy atom. The molecule has 1 aliphatic heterocycles. The molecule has 2 fully saturated rings. The Hall–Kier alpha value is -1.39. The second kappa shape index (κ2) is 8.43. The lowest BCUT2D eigenvalue weighted by Crippen LogP contribution is -2.43. The number of aromatic nitrogens is 2. The molecule has 0 bridgehead atoms. The number of rotatable bonds is 6. The number of aryl methyl sites for hydroxylation is 1. The van der Waals surface area contributed by atoms with Crippen LogP contribution in [0.4, 0.5) is 0 Å². The predicted octanol–water partition coefficient (Wildman–Crippen LogP) is 2.87. The normalized spacial score (nSPS) is 24.6. The van der Waals surface area contributed by atoms with Crippen molar-refractivity contribution in [2.75, 3.05) is 17.3 Å². The van der Waals surface area contributed by atoms with Crippen LogP contribution >= 0.6 is 23.1 Å². The first-order valence-corrected chi connectivity index (χ1v) is 15.1. The number of nitrogens with zero attached hydrogens (tertiary/aromatic N) is 3. The Kier molecular flexibility index (Phi) is 5.90. The second-order valence-corrected chi connectivity index (χ2v) is 13.6. The van der Waals surface area contributed by atoms with Crippen molar-refractivity contribution in [2.24, 2.45) is 5.92 Å². The average molecular weight is 496 g/mol. The minimum atomic E-state index is -3.05. The summed E-state index contributed by atoms with van der Waals surface area (Å²) in [4.78, 5) is 35.2. The summed E-state index contributed by atoms with van der Waals surface area (Å²) in [5.74, 6) is 0.992.